The van der Waals surface area contributed by atoms with Crippen LogP contribution in [0.15, 0.2) is 6.20 Å². The maximum absolute atomic E-state index is 11.5. The van der Waals surface area contributed by atoms with Crippen LogP contribution in [-0.4, -0.2) is 27.2 Å². The lowest BCUT2D eigenvalue weighted by Gasteiger charge is -2.03. The van der Waals surface area contributed by atoms with Crippen molar-refractivity contribution in [1.82, 2.24) is 9.78 Å². The van der Waals surface area contributed by atoms with Crippen LogP contribution in [0.4, 0.5) is 0 Å². The van der Waals surface area contributed by atoms with Crippen LogP contribution in [0.2, 0.25) is 0 Å². The molecule has 1 aromatic heterocycles. The average Bonchev–Trinajstić information content (AvgIpc) is 2.46. The molecule has 0 aliphatic rings. The molecule has 0 aliphatic heterocycles. The molecule has 0 spiro atoms. The molecule has 0 saturated heterocycles. The minimum atomic E-state index is -0.346. The Morgan fingerprint density at radius 2 is 2.40 bits per heavy atom. The van der Waals surface area contributed by atoms with E-state index < -0.39 is 0 Å². The maximum Gasteiger partial charge on any atom is 0.359 e. The van der Waals surface area contributed by atoms with Gasteiger partial charge in [0, 0.05) is 23.6 Å². The highest BCUT2D eigenvalue weighted by Crippen LogP contribution is 2.14. The third-order valence-corrected chi connectivity index (χ3v) is 2.20. The van der Waals surface area contributed by atoms with Crippen LogP contribution < -0.4 is 0 Å². The van der Waals surface area contributed by atoms with E-state index in [1.807, 2.05) is 13.1 Å². The number of halogens is 1. The van der Waals surface area contributed by atoms with E-state index >= 15 is 0 Å². The highest BCUT2D eigenvalue weighted by atomic mass is 79.9. The molecular formula is C10H15BrN2O2. The molecule has 1 aromatic rings. The first kappa shape index (κ1) is 12.2. The number of nitrogens with zero attached hydrogens (tertiary/aromatic N) is 2. The molecular weight excluding hydrogens is 260 g/mol. The Bertz CT molecular complexity index is 347. The van der Waals surface area contributed by atoms with Gasteiger partial charge in [-0.25, -0.2) is 4.79 Å². The number of rotatable bonds is 4. The van der Waals surface area contributed by atoms with E-state index in [4.69, 9.17) is 4.74 Å². The van der Waals surface area contributed by atoms with Crippen LogP contribution in [0.25, 0.3) is 0 Å². The number of esters is 1. The molecule has 0 radical (unpaired) electrons. The van der Waals surface area contributed by atoms with Crippen molar-refractivity contribution in [3.8, 4) is 0 Å². The SMILES string of the molecule is CCOC(=O)c1nn(C)cc1CC(C)Br. The van der Waals surface area contributed by atoms with Crippen molar-refractivity contribution in [1.29, 1.82) is 0 Å². The predicted octanol–water partition coefficient (Wildman–Crippen LogP) is 1.92. The molecule has 0 fully saturated rings. The first-order valence-corrected chi connectivity index (χ1v) is 5.79. The quantitative estimate of drug-likeness (QED) is 0.623. The van der Waals surface area contributed by atoms with Gasteiger partial charge in [-0.05, 0) is 13.3 Å². The Morgan fingerprint density at radius 3 is 2.93 bits per heavy atom. The van der Waals surface area contributed by atoms with E-state index in [9.17, 15) is 4.79 Å². The van der Waals surface area contributed by atoms with Crippen molar-refractivity contribution < 1.29 is 9.53 Å². The van der Waals surface area contributed by atoms with Gasteiger partial charge in [0.05, 0.1) is 6.61 Å². The van der Waals surface area contributed by atoms with Crippen molar-refractivity contribution in [2.45, 2.75) is 25.1 Å². The minimum Gasteiger partial charge on any atom is -0.461 e. The molecule has 1 heterocycles. The van der Waals surface area contributed by atoms with E-state index in [0.717, 1.165) is 12.0 Å². The van der Waals surface area contributed by atoms with Gasteiger partial charge in [0.15, 0.2) is 5.69 Å². The fourth-order valence-corrected chi connectivity index (χ4v) is 1.71. The number of hydrogen-bond donors (Lipinski definition) is 0. The Hall–Kier alpha value is -0.840. The molecule has 0 bridgehead atoms. The summed E-state index contributed by atoms with van der Waals surface area (Å²) in [6, 6.07) is 0. The van der Waals surface area contributed by atoms with E-state index in [1.165, 1.54) is 0 Å². The second kappa shape index (κ2) is 5.30. The number of aryl methyl sites for hydroxylation is 1. The minimum absolute atomic E-state index is 0.315. The topological polar surface area (TPSA) is 44.1 Å². The lowest BCUT2D eigenvalue weighted by molar-refractivity contribution is 0.0517. The van der Waals surface area contributed by atoms with E-state index in [-0.39, 0.29) is 5.97 Å². The fourth-order valence-electron chi connectivity index (χ4n) is 1.36. The van der Waals surface area contributed by atoms with E-state index in [0.29, 0.717) is 17.1 Å². The Kier molecular flexibility index (Phi) is 4.32. The summed E-state index contributed by atoms with van der Waals surface area (Å²) in [7, 11) is 1.80. The van der Waals surface area contributed by atoms with Crippen molar-refractivity contribution in [3.05, 3.63) is 17.5 Å². The molecule has 0 amide bonds. The molecule has 1 atom stereocenters. The van der Waals surface area contributed by atoms with E-state index in [1.54, 1.807) is 18.7 Å². The molecule has 84 valence electrons. The van der Waals surface area contributed by atoms with Gasteiger partial charge in [-0.1, -0.05) is 22.9 Å². The summed E-state index contributed by atoms with van der Waals surface area (Å²) in [4.78, 5) is 11.9. The van der Waals surface area contributed by atoms with Gasteiger partial charge in [-0.15, -0.1) is 0 Å². The normalized spacial score (nSPS) is 12.5. The van der Waals surface area contributed by atoms with Gasteiger partial charge in [0.2, 0.25) is 0 Å². The number of carbonyl (C=O) groups excluding carboxylic acids is 1. The predicted molar refractivity (Wildman–Crippen MR) is 61.3 cm³/mol. The summed E-state index contributed by atoms with van der Waals surface area (Å²) >= 11 is 3.45. The number of ether oxygens (including phenoxy) is 1. The van der Waals surface area contributed by atoms with Crippen LogP contribution in [0.3, 0.4) is 0 Å². The molecule has 5 heteroatoms. The van der Waals surface area contributed by atoms with Crippen LogP contribution in [0, 0.1) is 0 Å². The Morgan fingerprint density at radius 1 is 1.73 bits per heavy atom. The molecule has 1 rings (SSSR count). The van der Waals surface area contributed by atoms with Crippen LogP contribution in [0.1, 0.15) is 29.9 Å². The van der Waals surface area contributed by atoms with Gasteiger partial charge in [-0.2, -0.15) is 5.10 Å². The summed E-state index contributed by atoms with van der Waals surface area (Å²) in [5.41, 5.74) is 1.34. The summed E-state index contributed by atoms with van der Waals surface area (Å²) in [5, 5.41) is 4.10. The summed E-state index contributed by atoms with van der Waals surface area (Å²) < 4.78 is 6.57. The third-order valence-electron chi connectivity index (χ3n) is 1.87. The van der Waals surface area contributed by atoms with Crippen LogP contribution in [0.5, 0.6) is 0 Å². The summed E-state index contributed by atoms with van der Waals surface area (Å²) in [6.07, 6.45) is 2.62. The standard InChI is InChI=1S/C10H15BrN2O2/c1-4-15-10(14)9-8(5-7(2)11)6-13(3)12-9/h6-7H,4-5H2,1-3H3. The lowest BCUT2D eigenvalue weighted by atomic mass is 10.1. The van der Waals surface area contributed by atoms with Gasteiger partial charge in [0.25, 0.3) is 0 Å². The lowest BCUT2D eigenvalue weighted by Crippen LogP contribution is -2.10. The van der Waals surface area contributed by atoms with Crippen LogP contribution in [-0.2, 0) is 18.2 Å². The second-order valence-corrected chi connectivity index (χ2v) is 4.95. The largest absolute Gasteiger partial charge is 0.461 e. The zero-order chi connectivity index (χ0) is 11.4. The second-order valence-electron chi connectivity index (χ2n) is 3.38. The molecule has 0 saturated carbocycles. The monoisotopic (exact) mass is 274 g/mol. The zero-order valence-electron chi connectivity index (χ0n) is 9.16. The maximum atomic E-state index is 11.5. The highest BCUT2D eigenvalue weighted by molar-refractivity contribution is 9.09. The fraction of sp³-hybridized carbons (Fsp3) is 0.600. The number of carbonyl (C=O) groups is 1. The molecule has 1 unspecified atom stereocenters. The summed E-state index contributed by atoms with van der Waals surface area (Å²) in [6.45, 7) is 4.19. The van der Waals surface area contributed by atoms with Crippen molar-refractivity contribution in [2.24, 2.45) is 7.05 Å². The number of aromatic nitrogens is 2. The first-order chi connectivity index (χ1) is 7.04. The van der Waals surface area contributed by atoms with Crippen molar-refractivity contribution in [3.63, 3.8) is 0 Å². The summed E-state index contributed by atoms with van der Waals surface area (Å²) in [5.74, 6) is -0.346. The van der Waals surface area contributed by atoms with Crippen molar-refractivity contribution >= 4 is 21.9 Å². The average molecular weight is 275 g/mol. The van der Waals surface area contributed by atoms with Crippen LogP contribution >= 0.6 is 15.9 Å². The zero-order valence-corrected chi connectivity index (χ0v) is 10.7. The third kappa shape index (κ3) is 3.34. The Labute approximate surface area is 97.7 Å². The van der Waals surface area contributed by atoms with Crippen molar-refractivity contribution in [2.75, 3.05) is 6.61 Å². The highest BCUT2D eigenvalue weighted by Gasteiger charge is 2.17. The molecule has 0 aliphatic carbocycles. The molecule has 4 nitrogen and oxygen atoms in total. The van der Waals surface area contributed by atoms with E-state index in [2.05, 4.69) is 21.0 Å². The Balaban J connectivity index is 2.90. The van der Waals surface area contributed by atoms with Gasteiger partial charge in [0.1, 0.15) is 0 Å². The molecule has 0 aromatic carbocycles. The first-order valence-electron chi connectivity index (χ1n) is 4.88. The number of hydrogen-bond acceptors (Lipinski definition) is 3. The number of alkyl halides is 1. The smallest absolute Gasteiger partial charge is 0.359 e. The van der Waals surface area contributed by atoms with Gasteiger partial charge >= 0.3 is 5.97 Å². The molecule has 0 N–H and O–H groups in total. The molecule has 15 heavy (non-hydrogen) atoms. The van der Waals surface area contributed by atoms with Gasteiger partial charge in [-0.3, -0.25) is 4.68 Å². The van der Waals surface area contributed by atoms with Gasteiger partial charge < -0.3 is 4.74 Å².